The number of nitro groups is 1. The first-order valence-electron chi connectivity index (χ1n) is 5.80. The number of hydrogen-bond donors (Lipinski definition) is 1. The zero-order valence-corrected chi connectivity index (χ0v) is 9.81. The molecule has 1 saturated heterocycles. The minimum atomic E-state index is -0.370. The van der Waals surface area contributed by atoms with Crippen molar-refractivity contribution in [1.82, 2.24) is 5.32 Å². The van der Waals surface area contributed by atoms with Crippen LogP contribution in [-0.2, 0) is 0 Å². The fourth-order valence-electron chi connectivity index (χ4n) is 2.02. The van der Waals surface area contributed by atoms with E-state index < -0.39 is 0 Å². The lowest BCUT2D eigenvalue weighted by molar-refractivity contribution is -0.385. The lowest BCUT2D eigenvalue weighted by Crippen LogP contribution is -2.34. The van der Waals surface area contributed by atoms with Crippen molar-refractivity contribution < 1.29 is 9.66 Å². The maximum atomic E-state index is 10.8. The van der Waals surface area contributed by atoms with Gasteiger partial charge in [0.15, 0.2) is 0 Å². The fourth-order valence-corrected chi connectivity index (χ4v) is 2.02. The molecule has 92 valence electrons. The van der Waals surface area contributed by atoms with Crippen LogP contribution in [0.25, 0.3) is 0 Å². The summed E-state index contributed by atoms with van der Waals surface area (Å²) in [6, 6.07) is 4.97. The van der Waals surface area contributed by atoms with E-state index in [2.05, 4.69) is 5.32 Å². The van der Waals surface area contributed by atoms with Gasteiger partial charge in [0.05, 0.1) is 10.5 Å². The second kappa shape index (κ2) is 5.14. The van der Waals surface area contributed by atoms with Crippen LogP contribution in [0.5, 0.6) is 5.75 Å². The largest absolute Gasteiger partial charge is 0.490 e. The van der Waals surface area contributed by atoms with Gasteiger partial charge in [0, 0.05) is 6.07 Å². The van der Waals surface area contributed by atoms with E-state index in [1.54, 1.807) is 19.1 Å². The molecule has 0 saturated carbocycles. The molecule has 0 radical (unpaired) electrons. The van der Waals surface area contributed by atoms with Crippen molar-refractivity contribution in [2.45, 2.75) is 25.9 Å². The molecule has 17 heavy (non-hydrogen) atoms. The highest BCUT2D eigenvalue weighted by Crippen LogP contribution is 2.28. The third-order valence-corrected chi connectivity index (χ3v) is 3.03. The number of nitro benzene ring substituents is 1. The van der Waals surface area contributed by atoms with Crippen LogP contribution in [-0.4, -0.2) is 24.1 Å². The van der Waals surface area contributed by atoms with Gasteiger partial charge in [-0.15, -0.1) is 0 Å². The first-order chi connectivity index (χ1) is 8.18. The van der Waals surface area contributed by atoms with Gasteiger partial charge in [-0.05, 0) is 38.9 Å². The number of hydrogen-bond acceptors (Lipinski definition) is 4. The molecule has 1 aromatic rings. The predicted molar refractivity (Wildman–Crippen MR) is 64.4 cm³/mol. The van der Waals surface area contributed by atoms with Crippen molar-refractivity contribution in [3.8, 4) is 5.75 Å². The Kier molecular flexibility index (Phi) is 3.58. The van der Waals surface area contributed by atoms with Gasteiger partial charge in [-0.25, -0.2) is 0 Å². The molecule has 0 aromatic heterocycles. The van der Waals surface area contributed by atoms with Crippen LogP contribution in [0.3, 0.4) is 0 Å². The van der Waals surface area contributed by atoms with Gasteiger partial charge in [-0.3, -0.25) is 10.1 Å². The third kappa shape index (κ3) is 2.74. The molecule has 1 N–H and O–H groups in total. The summed E-state index contributed by atoms with van der Waals surface area (Å²) in [7, 11) is 0. The number of ether oxygens (including phenoxy) is 1. The average Bonchev–Trinajstić information content (AvgIpc) is 2.33. The number of piperidine rings is 1. The minimum Gasteiger partial charge on any atom is -0.490 e. The van der Waals surface area contributed by atoms with Gasteiger partial charge < -0.3 is 10.1 Å². The van der Waals surface area contributed by atoms with E-state index in [0.717, 1.165) is 25.9 Å². The first-order valence-corrected chi connectivity index (χ1v) is 5.80. The highest BCUT2D eigenvalue weighted by Gasteiger charge is 2.19. The van der Waals surface area contributed by atoms with E-state index in [4.69, 9.17) is 4.74 Å². The van der Waals surface area contributed by atoms with Crippen molar-refractivity contribution in [2.24, 2.45) is 0 Å². The van der Waals surface area contributed by atoms with Crippen LogP contribution >= 0.6 is 0 Å². The van der Waals surface area contributed by atoms with Crippen molar-refractivity contribution in [3.05, 3.63) is 33.9 Å². The van der Waals surface area contributed by atoms with Crippen molar-refractivity contribution in [1.29, 1.82) is 0 Å². The molecule has 1 aliphatic rings. The van der Waals surface area contributed by atoms with Crippen molar-refractivity contribution in [3.63, 3.8) is 0 Å². The molecule has 1 aromatic carbocycles. The molecular weight excluding hydrogens is 220 g/mol. The van der Waals surface area contributed by atoms with Crippen LogP contribution < -0.4 is 10.1 Å². The summed E-state index contributed by atoms with van der Waals surface area (Å²) in [5.74, 6) is 0.631. The zero-order chi connectivity index (χ0) is 12.3. The highest BCUT2D eigenvalue weighted by atomic mass is 16.6. The van der Waals surface area contributed by atoms with Gasteiger partial charge in [0.25, 0.3) is 5.69 Å². The Hall–Kier alpha value is -1.62. The Bertz CT molecular complexity index is 414. The molecule has 0 unspecified atom stereocenters. The lowest BCUT2D eigenvalue weighted by Gasteiger charge is -2.24. The molecule has 0 spiro atoms. The predicted octanol–water partition coefficient (Wildman–Crippen LogP) is 2.03. The average molecular weight is 236 g/mol. The number of rotatable bonds is 3. The molecule has 0 atom stereocenters. The van der Waals surface area contributed by atoms with Gasteiger partial charge in [-0.2, -0.15) is 0 Å². The first kappa shape index (κ1) is 11.9. The summed E-state index contributed by atoms with van der Waals surface area (Å²) in [5, 5.41) is 14.1. The third-order valence-electron chi connectivity index (χ3n) is 3.03. The molecule has 1 heterocycles. The number of nitrogens with zero attached hydrogens (tertiary/aromatic N) is 1. The molecule has 0 aliphatic carbocycles. The van der Waals surface area contributed by atoms with Gasteiger partial charge in [-0.1, -0.05) is 6.07 Å². The Morgan fingerprint density at radius 3 is 2.76 bits per heavy atom. The van der Waals surface area contributed by atoms with E-state index in [0.29, 0.717) is 11.3 Å². The normalized spacial score (nSPS) is 16.8. The van der Waals surface area contributed by atoms with E-state index in [1.165, 1.54) is 6.07 Å². The maximum absolute atomic E-state index is 10.8. The lowest BCUT2D eigenvalue weighted by atomic mass is 10.1. The van der Waals surface area contributed by atoms with Crippen LogP contribution in [0.1, 0.15) is 18.4 Å². The Morgan fingerprint density at radius 2 is 2.12 bits per heavy atom. The highest BCUT2D eigenvalue weighted by molar-refractivity contribution is 5.48. The molecular formula is C12H16N2O3. The number of nitrogens with one attached hydrogen (secondary N) is 1. The van der Waals surface area contributed by atoms with Crippen molar-refractivity contribution >= 4 is 5.69 Å². The summed E-state index contributed by atoms with van der Waals surface area (Å²) in [5.41, 5.74) is 0.729. The molecule has 5 heteroatoms. The quantitative estimate of drug-likeness (QED) is 0.644. The topological polar surface area (TPSA) is 64.4 Å². The zero-order valence-electron chi connectivity index (χ0n) is 9.81. The minimum absolute atomic E-state index is 0.122. The maximum Gasteiger partial charge on any atom is 0.276 e. The van der Waals surface area contributed by atoms with Gasteiger partial charge in [0.2, 0.25) is 0 Å². The van der Waals surface area contributed by atoms with Gasteiger partial charge in [0.1, 0.15) is 11.9 Å². The Morgan fingerprint density at radius 1 is 1.41 bits per heavy atom. The van der Waals surface area contributed by atoms with Gasteiger partial charge >= 0.3 is 0 Å². The standard InChI is InChI=1S/C12H16N2O3/c1-9-11(14(15)16)3-2-4-12(9)17-10-5-7-13-8-6-10/h2-4,10,13H,5-8H2,1H3. The molecule has 5 nitrogen and oxygen atoms in total. The second-order valence-electron chi connectivity index (χ2n) is 4.22. The van der Waals surface area contributed by atoms with Crippen molar-refractivity contribution in [2.75, 3.05) is 13.1 Å². The Labute approximate surface area is 99.9 Å². The smallest absolute Gasteiger partial charge is 0.276 e. The molecule has 2 rings (SSSR count). The van der Waals surface area contributed by atoms with Crippen LogP contribution in [0, 0.1) is 17.0 Å². The summed E-state index contributed by atoms with van der Waals surface area (Å²) in [4.78, 5) is 10.4. The van der Waals surface area contributed by atoms with E-state index in [9.17, 15) is 10.1 Å². The molecule has 0 amide bonds. The molecule has 1 fully saturated rings. The summed E-state index contributed by atoms with van der Waals surface area (Å²) in [6.07, 6.45) is 2.06. The van der Waals surface area contributed by atoms with E-state index >= 15 is 0 Å². The van der Waals surface area contributed by atoms with Crippen LogP contribution in [0.2, 0.25) is 0 Å². The molecule has 1 aliphatic heterocycles. The summed E-state index contributed by atoms with van der Waals surface area (Å²) >= 11 is 0. The Balaban J connectivity index is 2.15. The number of benzene rings is 1. The fraction of sp³-hybridized carbons (Fsp3) is 0.500. The summed E-state index contributed by atoms with van der Waals surface area (Å²) < 4.78 is 5.83. The SMILES string of the molecule is Cc1c(OC2CCNCC2)cccc1[N+](=O)[O-]. The van der Waals surface area contributed by atoms with Crippen LogP contribution in [0.4, 0.5) is 5.69 Å². The van der Waals surface area contributed by atoms with Crippen LogP contribution in [0.15, 0.2) is 18.2 Å². The second-order valence-corrected chi connectivity index (χ2v) is 4.22. The monoisotopic (exact) mass is 236 g/mol. The van der Waals surface area contributed by atoms with E-state index in [-0.39, 0.29) is 16.7 Å². The summed E-state index contributed by atoms with van der Waals surface area (Å²) in [6.45, 7) is 3.62. The van der Waals surface area contributed by atoms with E-state index in [1.807, 2.05) is 0 Å². The molecule has 0 bridgehead atoms.